The summed E-state index contributed by atoms with van der Waals surface area (Å²) < 4.78 is 36.5. The van der Waals surface area contributed by atoms with Crippen molar-refractivity contribution in [1.82, 2.24) is 18.5 Å². The fourth-order valence-electron chi connectivity index (χ4n) is 9.73. The van der Waals surface area contributed by atoms with Gasteiger partial charge in [0.1, 0.15) is 5.75 Å². The molecule has 0 spiro atoms. The highest BCUT2D eigenvalue weighted by Crippen LogP contribution is 2.67. The number of hydrogen-bond donors (Lipinski definition) is 1. The fourth-order valence-corrected chi connectivity index (χ4v) is 10.3. The van der Waals surface area contributed by atoms with E-state index >= 15 is 0 Å². The molecule has 48 heavy (non-hydrogen) atoms. The molecule has 4 atom stereocenters. The second kappa shape index (κ2) is 12.1. The maximum Gasteiger partial charge on any atom is 0.303 e. The number of nitrogens with one attached hydrogen (secondary N) is 1. The third kappa shape index (κ3) is 5.16. The van der Waals surface area contributed by atoms with Gasteiger partial charge in [-0.2, -0.15) is 12.7 Å². The molecule has 1 aromatic heterocycles. The van der Waals surface area contributed by atoms with Crippen LogP contribution < -0.4 is 21.9 Å². The molecule has 2 unspecified atom stereocenters. The Hall–Kier alpha value is -3.08. The Bertz CT molecular complexity index is 1890. The number of amides is 2. The van der Waals surface area contributed by atoms with Gasteiger partial charge in [-0.05, 0) is 98.2 Å². The van der Waals surface area contributed by atoms with E-state index in [1.807, 2.05) is 18.2 Å². The Labute approximate surface area is 290 Å². The van der Waals surface area contributed by atoms with Crippen molar-refractivity contribution in [1.29, 1.82) is 0 Å². The number of aromatic nitrogens is 1. The molecule has 2 bridgehead atoms. The minimum atomic E-state index is -3.96. The van der Waals surface area contributed by atoms with Crippen LogP contribution in [0, 0.1) is 11.3 Å². The van der Waals surface area contributed by atoms with E-state index in [2.05, 4.69) is 33.2 Å². The maximum atomic E-state index is 15.0. The maximum absolute atomic E-state index is 15.0. The summed E-state index contributed by atoms with van der Waals surface area (Å²) in [7, 11) is 0.529. The van der Waals surface area contributed by atoms with Gasteiger partial charge in [-0.3, -0.25) is 9.59 Å². The molecule has 2 aliphatic carbocycles. The summed E-state index contributed by atoms with van der Waals surface area (Å²) in [6.07, 6.45) is 10.9. The fraction of sp³-hybridized carbons (Fsp3) is 0.568. The predicted octanol–water partition coefficient (Wildman–Crippen LogP) is 3.18. The van der Waals surface area contributed by atoms with Gasteiger partial charge in [-0.25, -0.2) is 4.72 Å². The molecule has 3 aromatic rings. The first-order chi connectivity index (χ1) is 22.5. The van der Waals surface area contributed by atoms with Gasteiger partial charge in [0, 0.05) is 60.7 Å². The molecule has 11 heteroatoms. The number of hydrogen-bond acceptors (Lipinski definition) is 5. The Morgan fingerprint density at radius 3 is 2.35 bits per heavy atom. The van der Waals surface area contributed by atoms with Crippen LogP contribution in [0.2, 0.25) is 0 Å². The lowest BCUT2D eigenvalue weighted by Gasteiger charge is -2.40. The molecule has 8 rings (SSSR count). The Morgan fingerprint density at radius 1 is 0.979 bits per heavy atom. The molecule has 5 aliphatic rings. The number of rotatable bonds is 6. The van der Waals surface area contributed by atoms with Crippen LogP contribution in [-0.4, -0.2) is 67.3 Å². The molecule has 0 radical (unpaired) electrons. The molecule has 2 amide bonds. The number of nitrogens with zero attached hydrogens (tertiary/aromatic N) is 3. The molecule has 2 saturated carbocycles. The van der Waals surface area contributed by atoms with Gasteiger partial charge in [0.25, 0.3) is 5.91 Å². The van der Waals surface area contributed by atoms with Crippen LogP contribution in [0.5, 0.6) is 5.75 Å². The SMILES string of the molecule is COc1ccc2c(c1)[C@@H]1C[C@]1(C(=O)N1C3CCC1CC(C)C3)Cn1c-2c(C2CCCCC2)c2ccc(C(=O)NS(=O)(=O)N(C)C)cc21.[Cl-]. The first kappa shape index (κ1) is 33.4. The predicted molar refractivity (Wildman–Crippen MR) is 182 cm³/mol. The minimum absolute atomic E-state index is 0. The molecule has 4 fully saturated rings. The lowest BCUT2D eigenvalue weighted by molar-refractivity contribution is -0.143. The van der Waals surface area contributed by atoms with Gasteiger partial charge in [-0.1, -0.05) is 32.3 Å². The second-order valence-electron chi connectivity index (χ2n) is 15.2. The van der Waals surface area contributed by atoms with Crippen molar-refractivity contribution >= 4 is 32.9 Å². The van der Waals surface area contributed by atoms with Gasteiger partial charge in [0.2, 0.25) is 5.91 Å². The molecule has 4 heterocycles. The van der Waals surface area contributed by atoms with E-state index in [1.165, 1.54) is 44.5 Å². The van der Waals surface area contributed by atoms with Crippen molar-refractivity contribution in [2.75, 3.05) is 21.2 Å². The second-order valence-corrected chi connectivity index (χ2v) is 17.1. The molecule has 9 nitrogen and oxygen atoms in total. The zero-order chi connectivity index (χ0) is 32.8. The van der Waals surface area contributed by atoms with Crippen LogP contribution in [0.15, 0.2) is 36.4 Å². The van der Waals surface area contributed by atoms with E-state index < -0.39 is 21.5 Å². The third-order valence-corrected chi connectivity index (χ3v) is 13.5. The minimum Gasteiger partial charge on any atom is -1.00 e. The highest BCUT2D eigenvalue weighted by Gasteiger charge is 2.65. The van der Waals surface area contributed by atoms with Crippen molar-refractivity contribution in [3.8, 4) is 17.0 Å². The first-order valence-corrected chi connectivity index (χ1v) is 18.9. The molecular formula is C37H46ClN4O5S-. The molecular weight excluding hydrogens is 648 g/mol. The molecule has 1 N–H and O–H groups in total. The van der Waals surface area contributed by atoms with E-state index in [0.29, 0.717) is 30.5 Å². The van der Waals surface area contributed by atoms with Crippen molar-refractivity contribution in [3.05, 3.63) is 53.1 Å². The highest BCUT2D eigenvalue weighted by atomic mass is 35.5. The number of carbonyl (C=O) groups is 2. The summed E-state index contributed by atoms with van der Waals surface area (Å²) in [5, 5.41) is 1.09. The number of carbonyl (C=O) groups excluding carboxylic acids is 2. The summed E-state index contributed by atoms with van der Waals surface area (Å²) in [6.45, 7) is 2.86. The zero-order valence-electron chi connectivity index (χ0n) is 28.3. The Balaban J connectivity index is 0.00000364. The monoisotopic (exact) mass is 693 g/mol. The summed E-state index contributed by atoms with van der Waals surface area (Å²) >= 11 is 0. The number of methoxy groups -OCH3 is 1. The van der Waals surface area contributed by atoms with Crippen LogP contribution in [0.4, 0.5) is 0 Å². The number of ether oxygens (including phenoxy) is 1. The van der Waals surface area contributed by atoms with Crippen LogP contribution >= 0.6 is 0 Å². The van der Waals surface area contributed by atoms with Crippen LogP contribution in [0.25, 0.3) is 22.2 Å². The highest BCUT2D eigenvalue weighted by molar-refractivity contribution is 7.87. The first-order valence-electron chi connectivity index (χ1n) is 17.4. The van der Waals surface area contributed by atoms with E-state index in [0.717, 1.165) is 77.2 Å². The quantitative estimate of drug-likeness (QED) is 0.428. The number of fused-ring (bicyclic) bond motifs is 9. The van der Waals surface area contributed by atoms with Crippen LogP contribution in [-0.2, 0) is 21.5 Å². The van der Waals surface area contributed by atoms with Crippen molar-refractivity contribution in [3.63, 3.8) is 0 Å². The van der Waals surface area contributed by atoms with E-state index in [-0.39, 0.29) is 29.8 Å². The lowest BCUT2D eigenvalue weighted by Crippen LogP contribution is -3.00. The topological polar surface area (TPSA) is 101 Å². The van der Waals surface area contributed by atoms with Gasteiger partial charge in [0.05, 0.1) is 18.2 Å². The van der Waals surface area contributed by atoms with Gasteiger partial charge in [0.15, 0.2) is 0 Å². The molecule has 258 valence electrons. The van der Waals surface area contributed by atoms with Gasteiger partial charge < -0.3 is 26.6 Å². The van der Waals surface area contributed by atoms with E-state index in [1.54, 1.807) is 13.2 Å². The summed E-state index contributed by atoms with van der Waals surface area (Å²) in [5.74, 6) is 1.52. The van der Waals surface area contributed by atoms with Crippen LogP contribution in [0.3, 0.4) is 0 Å². The van der Waals surface area contributed by atoms with Crippen molar-refractivity contribution in [2.24, 2.45) is 11.3 Å². The third-order valence-electron chi connectivity index (χ3n) is 12.1. The standard InChI is InChI=1S/C37H46N4O5S.ClH/c1-22-16-25-11-12-26(17-22)41(25)36(43)37-20-31(37)30-19-27(46-4)13-15-28(30)34-33(23-8-6-5-7-9-23)29-14-10-24(18-32(29)40(34)21-37)35(42)38-47(44,45)39(2)3;/h10,13-15,18-19,22-23,25-26,31H,5-9,11-12,16-17,20-21H2,1-4H3,(H,38,42);1H/p-1/t22?,25?,26?,31-,37-;/m0./s1. The molecule has 2 saturated heterocycles. The molecule has 2 aromatic carbocycles. The van der Waals surface area contributed by atoms with Gasteiger partial charge in [-0.15, -0.1) is 0 Å². The Kier molecular flexibility index (Phi) is 8.39. The zero-order valence-corrected chi connectivity index (χ0v) is 29.9. The Morgan fingerprint density at radius 2 is 1.69 bits per heavy atom. The summed E-state index contributed by atoms with van der Waals surface area (Å²) in [5.41, 5.74) is 5.39. The normalized spacial score (nSPS) is 27.8. The average molecular weight is 694 g/mol. The lowest BCUT2D eigenvalue weighted by atomic mass is 9.81. The van der Waals surface area contributed by atoms with Crippen LogP contribution in [0.1, 0.15) is 104 Å². The van der Waals surface area contributed by atoms with E-state index in [4.69, 9.17) is 4.74 Å². The summed E-state index contributed by atoms with van der Waals surface area (Å²) in [4.78, 5) is 30.7. The largest absolute Gasteiger partial charge is 1.00 e. The number of benzene rings is 2. The van der Waals surface area contributed by atoms with Crippen molar-refractivity contribution < 1.29 is 35.2 Å². The number of piperidine rings is 1. The smallest absolute Gasteiger partial charge is 0.303 e. The van der Waals surface area contributed by atoms with Gasteiger partial charge >= 0.3 is 10.2 Å². The van der Waals surface area contributed by atoms with Crippen molar-refractivity contribution in [2.45, 2.75) is 102 Å². The average Bonchev–Trinajstić information content (AvgIpc) is 3.64. The summed E-state index contributed by atoms with van der Waals surface area (Å²) in [6, 6.07) is 12.6. The molecule has 3 aliphatic heterocycles. The van der Waals surface area contributed by atoms with E-state index in [9.17, 15) is 18.0 Å². The number of halogens is 1.